The van der Waals surface area contributed by atoms with E-state index in [1.807, 2.05) is 0 Å². The van der Waals surface area contributed by atoms with Gasteiger partial charge in [-0.3, -0.25) is 19.6 Å². The SMILES string of the molecule is O=C(Nc1cnn(Cc2cccc(F)c2)c1)c1cccc([N+](=O)[O-])c1. The monoisotopic (exact) mass is 340 g/mol. The van der Waals surface area contributed by atoms with Crippen molar-refractivity contribution in [2.24, 2.45) is 0 Å². The molecule has 0 radical (unpaired) electrons. The molecule has 0 atom stereocenters. The fraction of sp³-hybridized carbons (Fsp3) is 0.0588. The molecule has 0 aliphatic heterocycles. The maximum absolute atomic E-state index is 13.2. The second-order valence-electron chi connectivity index (χ2n) is 5.32. The molecule has 1 heterocycles. The highest BCUT2D eigenvalue weighted by atomic mass is 19.1. The number of anilines is 1. The first kappa shape index (κ1) is 16.3. The number of aromatic nitrogens is 2. The van der Waals surface area contributed by atoms with Crippen molar-refractivity contribution in [3.63, 3.8) is 0 Å². The molecule has 0 aliphatic rings. The van der Waals surface area contributed by atoms with E-state index < -0.39 is 10.8 Å². The standard InChI is InChI=1S/C17H13FN4O3/c18-14-5-1-3-12(7-14)10-21-11-15(9-19-21)20-17(23)13-4-2-6-16(8-13)22(24)25/h1-9,11H,10H2,(H,20,23). The Morgan fingerprint density at radius 1 is 1.24 bits per heavy atom. The molecule has 0 saturated carbocycles. The maximum Gasteiger partial charge on any atom is 0.270 e. The molecule has 1 amide bonds. The van der Waals surface area contributed by atoms with E-state index >= 15 is 0 Å². The van der Waals surface area contributed by atoms with Gasteiger partial charge in [-0.1, -0.05) is 18.2 Å². The number of benzene rings is 2. The van der Waals surface area contributed by atoms with E-state index in [0.29, 0.717) is 12.2 Å². The quantitative estimate of drug-likeness (QED) is 0.570. The van der Waals surface area contributed by atoms with Crippen molar-refractivity contribution in [2.45, 2.75) is 6.54 Å². The van der Waals surface area contributed by atoms with Gasteiger partial charge in [0.25, 0.3) is 11.6 Å². The molecular weight excluding hydrogens is 327 g/mol. The summed E-state index contributed by atoms with van der Waals surface area (Å²) in [5, 5.41) is 17.5. The molecule has 0 saturated heterocycles. The number of nitro benzene ring substituents is 1. The van der Waals surface area contributed by atoms with Crippen molar-refractivity contribution >= 4 is 17.3 Å². The van der Waals surface area contributed by atoms with Crippen LogP contribution < -0.4 is 5.32 Å². The molecule has 0 spiro atoms. The van der Waals surface area contributed by atoms with E-state index in [9.17, 15) is 19.3 Å². The third kappa shape index (κ3) is 4.05. The van der Waals surface area contributed by atoms with Crippen LogP contribution >= 0.6 is 0 Å². The van der Waals surface area contributed by atoms with Gasteiger partial charge in [0.1, 0.15) is 5.82 Å². The molecular formula is C17H13FN4O3. The smallest absolute Gasteiger partial charge is 0.270 e. The van der Waals surface area contributed by atoms with E-state index in [0.717, 1.165) is 5.56 Å². The zero-order valence-corrected chi connectivity index (χ0v) is 12.9. The molecule has 8 heteroatoms. The molecule has 0 unspecified atom stereocenters. The number of non-ortho nitro benzene ring substituents is 1. The lowest BCUT2D eigenvalue weighted by atomic mass is 10.2. The largest absolute Gasteiger partial charge is 0.319 e. The third-order valence-corrected chi connectivity index (χ3v) is 3.44. The molecule has 1 aromatic heterocycles. The van der Waals surface area contributed by atoms with Gasteiger partial charge in [0.05, 0.1) is 23.4 Å². The van der Waals surface area contributed by atoms with Gasteiger partial charge in [-0.25, -0.2) is 4.39 Å². The van der Waals surface area contributed by atoms with E-state index in [-0.39, 0.29) is 17.1 Å². The minimum atomic E-state index is -0.562. The van der Waals surface area contributed by atoms with Gasteiger partial charge < -0.3 is 5.32 Å². The number of carbonyl (C=O) groups excluding carboxylic acids is 1. The lowest BCUT2D eigenvalue weighted by Crippen LogP contribution is -2.11. The predicted octanol–water partition coefficient (Wildman–Crippen LogP) is 3.23. The van der Waals surface area contributed by atoms with Crippen LogP contribution in [0.2, 0.25) is 0 Å². The van der Waals surface area contributed by atoms with Crippen molar-refractivity contribution in [1.29, 1.82) is 0 Å². The molecule has 25 heavy (non-hydrogen) atoms. The minimum Gasteiger partial charge on any atom is -0.319 e. The number of halogens is 1. The van der Waals surface area contributed by atoms with Crippen LogP contribution in [0.25, 0.3) is 0 Å². The number of nitro groups is 1. The molecule has 0 fully saturated rings. The summed E-state index contributed by atoms with van der Waals surface area (Å²) in [6, 6.07) is 11.6. The molecule has 0 bridgehead atoms. The predicted molar refractivity (Wildman–Crippen MR) is 88.8 cm³/mol. The average molecular weight is 340 g/mol. The van der Waals surface area contributed by atoms with Crippen molar-refractivity contribution in [3.8, 4) is 0 Å². The van der Waals surface area contributed by atoms with E-state index in [2.05, 4.69) is 10.4 Å². The zero-order valence-electron chi connectivity index (χ0n) is 12.9. The van der Waals surface area contributed by atoms with Gasteiger partial charge in [0, 0.05) is 23.9 Å². The Kier molecular flexibility index (Phi) is 4.51. The summed E-state index contributed by atoms with van der Waals surface area (Å²) < 4.78 is 14.7. The normalized spacial score (nSPS) is 10.4. The number of carbonyl (C=O) groups is 1. The molecule has 3 rings (SSSR count). The molecule has 0 aliphatic carbocycles. The fourth-order valence-corrected chi connectivity index (χ4v) is 2.30. The Morgan fingerprint density at radius 3 is 2.80 bits per heavy atom. The molecule has 1 N–H and O–H groups in total. The summed E-state index contributed by atoms with van der Waals surface area (Å²) >= 11 is 0. The van der Waals surface area contributed by atoms with Crippen molar-refractivity contribution < 1.29 is 14.1 Å². The van der Waals surface area contributed by atoms with E-state index in [1.54, 1.807) is 23.0 Å². The summed E-state index contributed by atoms with van der Waals surface area (Å²) in [7, 11) is 0. The Bertz CT molecular complexity index is 939. The Hall–Kier alpha value is -3.55. The van der Waals surface area contributed by atoms with Crippen LogP contribution in [-0.4, -0.2) is 20.6 Å². The van der Waals surface area contributed by atoms with Gasteiger partial charge in [-0.15, -0.1) is 0 Å². The summed E-state index contributed by atoms with van der Waals surface area (Å²) in [6.07, 6.45) is 3.05. The summed E-state index contributed by atoms with van der Waals surface area (Å²) in [6.45, 7) is 0.352. The van der Waals surface area contributed by atoms with Gasteiger partial charge in [0.15, 0.2) is 0 Å². The highest BCUT2D eigenvalue weighted by Gasteiger charge is 2.12. The third-order valence-electron chi connectivity index (χ3n) is 3.44. The Balaban J connectivity index is 1.69. The van der Waals surface area contributed by atoms with Crippen LogP contribution in [0.3, 0.4) is 0 Å². The Labute approximate surface area is 141 Å². The maximum atomic E-state index is 13.2. The summed E-state index contributed by atoms with van der Waals surface area (Å²) in [4.78, 5) is 22.4. The van der Waals surface area contributed by atoms with Crippen molar-refractivity contribution in [1.82, 2.24) is 9.78 Å². The van der Waals surface area contributed by atoms with Gasteiger partial charge in [-0.2, -0.15) is 5.10 Å². The molecule has 3 aromatic rings. The van der Waals surface area contributed by atoms with Gasteiger partial charge in [0.2, 0.25) is 0 Å². The van der Waals surface area contributed by atoms with Crippen molar-refractivity contribution in [2.75, 3.05) is 5.32 Å². The van der Waals surface area contributed by atoms with Gasteiger partial charge in [-0.05, 0) is 23.8 Å². The second kappa shape index (κ2) is 6.91. The number of nitrogens with one attached hydrogen (secondary N) is 1. The molecule has 2 aromatic carbocycles. The van der Waals surface area contributed by atoms with E-state index in [1.165, 1.54) is 42.6 Å². The molecule has 126 valence electrons. The highest BCUT2D eigenvalue weighted by molar-refractivity contribution is 6.04. The number of amides is 1. The highest BCUT2D eigenvalue weighted by Crippen LogP contribution is 2.15. The summed E-state index contributed by atoms with van der Waals surface area (Å²) in [5.41, 5.74) is 1.19. The second-order valence-corrected chi connectivity index (χ2v) is 5.32. The van der Waals surface area contributed by atoms with E-state index in [4.69, 9.17) is 0 Å². The number of hydrogen-bond donors (Lipinski definition) is 1. The number of hydrogen-bond acceptors (Lipinski definition) is 4. The zero-order chi connectivity index (χ0) is 17.8. The Morgan fingerprint density at radius 2 is 2.04 bits per heavy atom. The van der Waals surface area contributed by atoms with Gasteiger partial charge >= 0.3 is 0 Å². The first-order valence-corrected chi connectivity index (χ1v) is 7.34. The van der Waals surface area contributed by atoms with Crippen LogP contribution in [0.5, 0.6) is 0 Å². The first-order chi connectivity index (χ1) is 12.0. The van der Waals surface area contributed by atoms with Crippen LogP contribution in [0.4, 0.5) is 15.8 Å². The number of nitrogens with zero attached hydrogens (tertiary/aromatic N) is 3. The van der Waals surface area contributed by atoms with Crippen LogP contribution in [-0.2, 0) is 6.54 Å². The minimum absolute atomic E-state index is 0.158. The number of rotatable bonds is 5. The first-order valence-electron chi connectivity index (χ1n) is 7.34. The van der Waals surface area contributed by atoms with Crippen LogP contribution in [0.15, 0.2) is 60.9 Å². The van der Waals surface area contributed by atoms with Crippen LogP contribution in [0.1, 0.15) is 15.9 Å². The fourth-order valence-electron chi connectivity index (χ4n) is 2.30. The topological polar surface area (TPSA) is 90.1 Å². The lowest BCUT2D eigenvalue weighted by Gasteiger charge is -2.03. The average Bonchev–Trinajstić information content (AvgIpc) is 3.02. The molecule has 7 nitrogen and oxygen atoms in total. The lowest BCUT2D eigenvalue weighted by molar-refractivity contribution is -0.384. The van der Waals surface area contributed by atoms with Crippen molar-refractivity contribution in [3.05, 3.63) is 88.0 Å². The summed E-state index contributed by atoms with van der Waals surface area (Å²) in [5.74, 6) is -0.808. The van der Waals surface area contributed by atoms with Crippen LogP contribution in [0, 0.1) is 15.9 Å².